The molecule has 0 radical (unpaired) electrons. The van der Waals surface area contributed by atoms with Crippen molar-refractivity contribution < 1.29 is 13.2 Å². The number of fused-ring (bicyclic) bond motifs is 3. The van der Waals surface area contributed by atoms with Crippen LogP contribution in [0.1, 0.15) is 6.42 Å². The van der Waals surface area contributed by atoms with Crippen molar-refractivity contribution in [2.24, 2.45) is 5.92 Å². The lowest BCUT2D eigenvalue weighted by Crippen LogP contribution is -2.22. The smallest absolute Gasteiger partial charge is 0.336 e. The summed E-state index contributed by atoms with van der Waals surface area (Å²) in [4.78, 5) is 0. The third kappa shape index (κ3) is 3.01. The molecule has 0 amide bonds. The standard InChI is InChI=1S/C20H15BrF3N/c21-15-9-10-19-17(11-15)16-3-1-2-4-18(16)25(19)12-13-5-7-14(8-6-13)20(22,23)24/h1-7,9-11,14H,8,12H2. The summed E-state index contributed by atoms with van der Waals surface area (Å²) in [6.45, 7) is 0.562. The first kappa shape index (κ1) is 16.5. The summed E-state index contributed by atoms with van der Waals surface area (Å²) in [5.74, 6) is -1.37. The maximum atomic E-state index is 12.8. The quantitative estimate of drug-likeness (QED) is 0.451. The molecular formula is C20H15BrF3N. The minimum absolute atomic E-state index is 0.0119. The zero-order valence-electron chi connectivity index (χ0n) is 13.2. The molecular weight excluding hydrogens is 391 g/mol. The molecule has 1 aromatic heterocycles. The molecule has 25 heavy (non-hydrogen) atoms. The van der Waals surface area contributed by atoms with Crippen molar-refractivity contribution in [2.75, 3.05) is 0 Å². The molecule has 0 spiro atoms. The summed E-state index contributed by atoms with van der Waals surface area (Å²) in [6.07, 6.45) is 0.439. The van der Waals surface area contributed by atoms with Gasteiger partial charge >= 0.3 is 6.18 Å². The lowest BCUT2D eigenvalue weighted by atomic mass is 9.96. The van der Waals surface area contributed by atoms with E-state index in [2.05, 4.69) is 38.7 Å². The molecule has 1 aliphatic carbocycles. The number of rotatable bonds is 2. The van der Waals surface area contributed by atoms with Crippen molar-refractivity contribution >= 4 is 37.7 Å². The molecule has 2 aromatic carbocycles. The Morgan fingerprint density at radius 2 is 1.80 bits per heavy atom. The van der Waals surface area contributed by atoms with Crippen molar-refractivity contribution in [1.29, 1.82) is 0 Å². The van der Waals surface area contributed by atoms with Crippen LogP contribution < -0.4 is 0 Å². The predicted octanol–water partition coefficient (Wildman–Crippen LogP) is 6.62. The van der Waals surface area contributed by atoms with Gasteiger partial charge in [0.2, 0.25) is 0 Å². The predicted molar refractivity (Wildman–Crippen MR) is 98.5 cm³/mol. The van der Waals surface area contributed by atoms with Gasteiger partial charge in [0.1, 0.15) is 0 Å². The minimum Gasteiger partial charge on any atom is -0.336 e. The van der Waals surface area contributed by atoms with Crippen molar-refractivity contribution in [3.8, 4) is 0 Å². The molecule has 1 heterocycles. The molecule has 3 aromatic rings. The van der Waals surface area contributed by atoms with Crippen LogP contribution in [0.5, 0.6) is 0 Å². The molecule has 128 valence electrons. The largest absolute Gasteiger partial charge is 0.395 e. The van der Waals surface area contributed by atoms with Crippen LogP contribution in [-0.2, 0) is 6.54 Å². The molecule has 1 aliphatic rings. The lowest BCUT2D eigenvalue weighted by molar-refractivity contribution is -0.160. The molecule has 4 rings (SSSR count). The summed E-state index contributed by atoms with van der Waals surface area (Å²) in [6, 6.07) is 14.2. The fourth-order valence-electron chi connectivity index (χ4n) is 3.40. The number of para-hydroxylation sites is 1. The van der Waals surface area contributed by atoms with Gasteiger partial charge < -0.3 is 4.57 Å². The van der Waals surface area contributed by atoms with Crippen LogP contribution in [0.25, 0.3) is 21.8 Å². The average molecular weight is 406 g/mol. The van der Waals surface area contributed by atoms with Gasteiger partial charge in [-0.15, -0.1) is 0 Å². The number of allylic oxidation sites excluding steroid dienone is 4. The Bertz CT molecular complexity index is 1010. The summed E-state index contributed by atoms with van der Waals surface area (Å²) in [5.41, 5.74) is 3.07. The zero-order valence-corrected chi connectivity index (χ0v) is 14.8. The van der Waals surface area contributed by atoms with Gasteiger partial charge in [0.05, 0.1) is 5.92 Å². The molecule has 0 saturated heterocycles. The minimum atomic E-state index is -4.17. The number of aromatic nitrogens is 1. The lowest BCUT2D eigenvalue weighted by Gasteiger charge is -2.19. The van der Waals surface area contributed by atoms with Crippen molar-refractivity contribution in [1.82, 2.24) is 4.57 Å². The second-order valence-electron chi connectivity index (χ2n) is 6.29. The van der Waals surface area contributed by atoms with Crippen LogP contribution in [0.15, 0.2) is 70.7 Å². The van der Waals surface area contributed by atoms with Crippen molar-refractivity contribution in [3.63, 3.8) is 0 Å². The Morgan fingerprint density at radius 1 is 1.04 bits per heavy atom. The van der Waals surface area contributed by atoms with E-state index in [1.807, 2.05) is 24.3 Å². The Labute approximate surface area is 151 Å². The van der Waals surface area contributed by atoms with Gasteiger partial charge in [0, 0.05) is 32.8 Å². The topological polar surface area (TPSA) is 4.93 Å². The molecule has 1 unspecified atom stereocenters. The third-order valence-electron chi connectivity index (χ3n) is 4.67. The first-order valence-electron chi connectivity index (χ1n) is 8.04. The van der Waals surface area contributed by atoms with Crippen LogP contribution in [0.2, 0.25) is 0 Å². The molecule has 0 aliphatic heterocycles. The Balaban J connectivity index is 1.75. The molecule has 0 saturated carbocycles. The fourth-order valence-corrected chi connectivity index (χ4v) is 3.76. The van der Waals surface area contributed by atoms with Gasteiger partial charge in [-0.2, -0.15) is 13.2 Å². The van der Waals surface area contributed by atoms with Gasteiger partial charge in [-0.25, -0.2) is 0 Å². The van der Waals surface area contributed by atoms with E-state index in [9.17, 15) is 13.2 Å². The number of halogens is 4. The van der Waals surface area contributed by atoms with E-state index in [0.717, 1.165) is 31.9 Å². The van der Waals surface area contributed by atoms with Gasteiger partial charge in [0.25, 0.3) is 0 Å². The van der Waals surface area contributed by atoms with E-state index in [1.165, 1.54) is 6.08 Å². The SMILES string of the molecule is FC(F)(F)C1C=CC(Cn2c3ccccc3c3cc(Br)ccc32)=CC1. The number of alkyl halides is 3. The maximum absolute atomic E-state index is 12.8. The highest BCUT2D eigenvalue weighted by Crippen LogP contribution is 2.35. The first-order valence-corrected chi connectivity index (χ1v) is 8.83. The van der Waals surface area contributed by atoms with Gasteiger partial charge in [0.15, 0.2) is 0 Å². The number of hydrogen-bond donors (Lipinski definition) is 0. The van der Waals surface area contributed by atoms with Crippen molar-refractivity contribution in [3.05, 3.63) is 70.7 Å². The molecule has 1 atom stereocenters. The highest BCUT2D eigenvalue weighted by Gasteiger charge is 2.37. The fraction of sp³-hybridized carbons (Fsp3) is 0.200. The highest BCUT2D eigenvalue weighted by molar-refractivity contribution is 9.10. The van der Waals surface area contributed by atoms with Gasteiger partial charge in [-0.1, -0.05) is 52.4 Å². The maximum Gasteiger partial charge on any atom is 0.395 e. The Hall–Kier alpha value is -2.01. The monoisotopic (exact) mass is 405 g/mol. The zero-order chi connectivity index (χ0) is 17.6. The number of nitrogens with zero attached hydrogens (tertiary/aromatic N) is 1. The summed E-state index contributed by atoms with van der Waals surface area (Å²) in [5, 5.41) is 2.28. The normalized spacial score (nSPS) is 18.1. The van der Waals surface area contributed by atoms with Crippen LogP contribution in [0, 0.1) is 5.92 Å². The summed E-state index contributed by atoms with van der Waals surface area (Å²) < 4.78 is 41.6. The van der Waals surface area contributed by atoms with E-state index in [0.29, 0.717) is 6.54 Å². The molecule has 0 fully saturated rings. The third-order valence-corrected chi connectivity index (χ3v) is 5.17. The molecule has 1 nitrogen and oxygen atoms in total. The van der Waals surface area contributed by atoms with Crippen LogP contribution >= 0.6 is 15.9 Å². The van der Waals surface area contributed by atoms with Crippen LogP contribution in [0.4, 0.5) is 13.2 Å². The second kappa shape index (κ2) is 6.06. The van der Waals surface area contributed by atoms with E-state index >= 15 is 0 Å². The Morgan fingerprint density at radius 3 is 2.52 bits per heavy atom. The average Bonchev–Trinajstić information content (AvgIpc) is 2.88. The molecule has 0 N–H and O–H groups in total. The number of benzene rings is 2. The summed E-state index contributed by atoms with van der Waals surface area (Å²) in [7, 11) is 0. The van der Waals surface area contributed by atoms with Gasteiger partial charge in [-0.3, -0.25) is 0 Å². The second-order valence-corrected chi connectivity index (χ2v) is 7.20. The first-order chi connectivity index (χ1) is 11.9. The Kier molecular flexibility index (Phi) is 3.99. The highest BCUT2D eigenvalue weighted by atomic mass is 79.9. The van der Waals surface area contributed by atoms with E-state index in [1.54, 1.807) is 12.2 Å². The number of hydrogen-bond acceptors (Lipinski definition) is 0. The molecule has 0 bridgehead atoms. The summed E-state index contributed by atoms with van der Waals surface area (Å²) >= 11 is 3.51. The van der Waals surface area contributed by atoms with Crippen LogP contribution in [-0.4, -0.2) is 10.7 Å². The van der Waals surface area contributed by atoms with Crippen molar-refractivity contribution in [2.45, 2.75) is 19.1 Å². The molecule has 5 heteroatoms. The van der Waals surface area contributed by atoms with Crippen LogP contribution in [0.3, 0.4) is 0 Å². The van der Waals surface area contributed by atoms with E-state index < -0.39 is 12.1 Å². The van der Waals surface area contributed by atoms with E-state index in [-0.39, 0.29) is 6.42 Å². The van der Waals surface area contributed by atoms with Gasteiger partial charge in [-0.05, 0) is 36.3 Å². The van der Waals surface area contributed by atoms with E-state index in [4.69, 9.17) is 0 Å².